The van der Waals surface area contributed by atoms with E-state index in [1.807, 2.05) is 0 Å². The van der Waals surface area contributed by atoms with E-state index in [0.717, 1.165) is 12.1 Å². The van der Waals surface area contributed by atoms with Gasteiger partial charge in [0, 0.05) is 31.8 Å². The van der Waals surface area contributed by atoms with E-state index in [1.165, 1.54) is 16.4 Å². The Labute approximate surface area is 122 Å². The Kier molecular flexibility index (Phi) is 4.28. The minimum atomic E-state index is -3.70. The molecule has 0 radical (unpaired) electrons. The molecule has 2 rings (SSSR count). The quantitative estimate of drug-likeness (QED) is 0.598. The number of sulfonamides is 1. The molecule has 1 saturated heterocycles. The van der Waals surface area contributed by atoms with Crippen molar-refractivity contribution >= 4 is 15.7 Å². The van der Waals surface area contributed by atoms with Crippen molar-refractivity contribution in [2.75, 3.05) is 19.6 Å². The molecule has 1 aliphatic rings. The van der Waals surface area contributed by atoms with Crippen molar-refractivity contribution in [3.8, 4) is 0 Å². The number of benzene rings is 1. The number of non-ortho nitro benzene ring substituents is 1. The molecule has 1 aromatic carbocycles. The van der Waals surface area contributed by atoms with Crippen molar-refractivity contribution < 1.29 is 18.4 Å². The number of hydrogen-bond donors (Lipinski definition) is 2. The van der Waals surface area contributed by atoms with Crippen LogP contribution in [0.3, 0.4) is 0 Å². The Morgan fingerprint density at radius 3 is 2.24 bits per heavy atom. The van der Waals surface area contributed by atoms with E-state index in [9.17, 15) is 23.6 Å². The van der Waals surface area contributed by atoms with Crippen molar-refractivity contribution in [3.63, 3.8) is 0 Å². The van der Waals surface area contributed by atoms with Crippen LogP contribution in [0.5, 0.6) is 0 Å². The number of hydrogen-bond acceptors (Lipinski definition) is 6. The topological polar surface area (TPSA) is 127 Å². The molecule has 3 N–H and O–H groups in total. The molecular weight excluding hydrogens is 298 g/mol. The first-order valence-electron chi connectivity index (χ1n) is 6.46. The molecule has 1 fully saturated rings. The van der Waals surface area contributed by atoms with Gasteiger partial charge in [-0.05, 0) is 25.0 Å². The Bertz CT molecular complexity index is 621. The standard InChI is InChI=1S/C12H17N3O5S/c13-9-12(16)5-7-14(8-6-12)21(19,20)11-3-1-10(2-4-11)15(17)18/h1-4,16H,5-9,13H2. The lowest BCUT2D eigenvalue weighted by atomic mass is 9.93. The maximum absolute atomic E-state index is 12.4. The Hall–Kier alpha value is -1.55. The van der Waals surface area contributed by atoms with E-state index in [-0.39, 0.29) is 43.1 Å². The summed E-state index contributed by atoms with van der Waals surface area (Å²) >= 11 is 0. The van der Waals surface area contributed by atoms with Crippen molar-refractivity contribution in [1.29, 1.82) is 0 Å². The maximum atomic E-state index is 12.4. The van der Waals surface area contributed by atoms with Crippen molar-refractivity contribution in [2.24, 2.45) is 5.73 Å². The number of rotatable bonds is 4. The molecule has 0 aromatic heterocycles. The Balaban J connectivity index is 2.17. The summed E-state index contributed by atoms with van der Waals surface area (Å²) in [7, 11) is -3.70. The average molecular weight is 315 g/mol. The number of nitrogens with two attached hydrogens (primary N) is 1. The number of aliphatic hydroxyl groups is 1. The third kappa shape index (κ3) is 3.21. The van der Waals surface area contributed by atoms with Crippen LogP contribution in [0.25, 0.3) is 0 Å². The van der Waals surface area contributed by atoms with Crippen molar-refractivity contribution in [3.05, 3.63) is 34.4 Å². The number of nitrogens with zero attached hydrogens (tertiary/aromatic N) is 2. The number of nitro groups is 1. The van der Waals surface area contributed by atoms with Gasteiger partial charge in [0.25, 0.3) is 5.69 Å². The van der Waals surface area contributed by atoms with E-state index >= 15 is 0 Å². The molecule has 8 nitrogen and oxygen atoms in total. The zero-order valence-electron chi connectivity index (χ0n) is 11.3. The summed E-state index contributed by atoms with van der Waals surface area (Å²) in [6.45, 7) is 0.443. The molecule has 0 amide bonds. The fourth-order valence-corrected chi connectivity index (χ4v) is 3.68. The third-order valence-corrected chi connectivity index (χ3v) is 5.63. The monoisotopic (exact) mass is 315 g/mol. The predicted octanol–water partition coefficient (Wildman–Crippen LogP) is 0.0691. The summed E-state index contributed by atoms with van der Waals surface area (Å²) in [5.74, 6) is 0. The highest BCUT2D eigenvalue weighted by atomic mass is 32.2. The van der Waals surface area contributed by atoms with Gasteiger partial charge in [0.2, 0.25) is 10.0 Å². The van der Waals surface area contributed by atoms with Gasteiger partial charge < -0.3 is 10.8 Å². The molecule has 0 spiro atoms. The first-order chi connectivity index (χ1) is 9.78. The van der Waals surface area contributed by atoms with Gasteiger partial charge >= 0.3 is 0 Å². The normalized spacial score (nSPS) is 19.3. The van der Waals surface area contributed by atoms with Crippen molar-refractivity contribution in [2.45, 2.75) is 23.3 Å². The molecule has 0 atom stereocenters. The first-order valence-corrected chi connectivity index (χ1v) is 7.90. The molecule has 21 heavy (non-hydrogen) atoms. The van der Waals surface area contributed by atoms with Crippen LogP contribution in [0, 0.1) is 10.1 Å². The average Bonchev–Trinajstić information content (AvgIpc) is 2.48. The van der Waals surface area contributed by atoms with Gasteiger partial charge in [-0.15, -0.1) is 0 Å². The zero-order chi connectivity index (χ0) is 15.7. The van der Waals surface area contributed by atoms with E-state index < -0.39 is 20.5 Å². The second-order valence-corrected chi connectivity index (χ2v) is 7.02. The van der Waals surface area contributed by atoms with E-state index in [1.54, 1.807) is 0 Å². The van der Waals surface area contributed by atoms with Gasteiger partial charge in [0.05, 0.1) is 15.4 Å². The minimum Gasteiger partial charge on any atom is -0.388 e. The zero-order valence-corrected chi connectivity index (χ0v) is 12.1. The predicted molar refractivity (Wildman–Crippen MR) is 75.1 cm³/mol. The minimum absolute atomic E-state index is 0.00582. The van der Waals surface area contributed by atoms with Gasteiger partial charge in [-0.25, -0.2) is 8.42 Å². The van der Waals surface area contributed by atoms with Crippen molar-refractivity contribution in [1.82, 2.24) is 4.31 Å². The van der Waals surface area contributed by atoms with Crippen LogP contribution in [0.1, 0.15) is 12.8 Å². The highest BCUT2D eigenvalue weighted by Crippen LogP contribution is 2.26. The molecule has 1 aromatic rings. The summed E-state index contributed by atoms with van der Waals surface area (Å²) < 4.78 is 26.1. The summed E-state index contributed by atoms with van der Waals surface area (Å²) in [5.41, 5.74) is 4.29. The number of piperidine rings is 1. The SMILES string of the molecule is NCC1(O)CCN(S(=O)(=O)c2ccc([N+](=O)[O-])cc2)CC1. The lowest BCUT2D eigenvalue weighted by Crippen LogP contribution is -2.50. The number of nitro benzene ring substituents is 1. The second-order valence-electron chi connectivity index (χ2n) is 5.08. The van der Waals surface area contributed by atoms with Gasteiger partial charge in [-0.3, -0.25) is 10.1 Å². The largest absolute Gasteiger partial charge is 0.388 e. The van der Waals surface area contributed by atoms with Crippen LogP contribution in [0.4, 0.5) is 5.69 Å². The van der Waals surface area contributed by atoms with Gasteiger partial charge in [-0.2, -0.15) is 4.31 Å². The maximum Gasteiger partial charge on any atom is 0.269 e. The van der Waals surface area contributed by atoms with E-state index in [0.29, 0.717) is 0 Å². The lowest BCUT2D eigenvalue weighted by Gasteiger charge is -2.36. The summed E-state index contributed by atoms with van der Waals surface area (Å²) in [5, 5.41) is 20.6. The molecule has 1 heterocycles. The second kappa shape index (κ2) is 5.68. The van der Waals surface area contributed by atoms with Gasteiger partial charge in [0.1, 0.15) is 0 Å². The van der Waals surface area contributed by atoms with Gasteiger partial charge in [0.15, 0.2) is 0 Å². The van der Waals surface area contributed by atoms with Gasteiger partial charge in [-0.1, -0.05) is 0 Å². The lowest BCUT2D eigenvalue weighted by molar-refractivity contribution is -0.384. The fourth-order valence-electron chi connectivity index (χ4n) is 2.24. The van der Waals surface area contributed by atoms with E-state index in [2.05, 4.69) is 0 Å². The van der Waals surface area contributed by atoms with Crippen LogP contribution in [-0.4, -0.2) is 48.0 Å². The molecule has 0 unspecified atom stereocenters. The Morgan fingerprint density at radius 2 is 1.81 bits per heavy atom. The van der Waals surface area contributed by atoms with Crippen LogP contribution >= 0.6 is 0 Å². The molecule has 9 heteroatoms. The van der Waals surface area contributed by atoms with Crippen LogP contribution in [0.15, 0.2) is 29.2 Å². The molecule has 0 bridgehead atoms. The third-order valence-electron chi connectivity index (χ3n) is 3.72. The molecule has 0 aliphatic carbocycles. The summed E-state index contributed by atoms with van der Waals surface area (Å²) in [6, 6.07) is 4.76. The fraction of sp³-hybridized carbons (Fsp3) is 0.500. The smallest absolute Gasteiger partial charge is 0.269 e. The molecular formula is C12H17N3O5S. The first kappa shape index (κ1) is 15.8. The Morgan fingerprint density at radius 1 is 1.29 bits per heavy atom. The summed E-state index contributed by atoms with van der Waals surface area (Å²) in [4.78, 5) is 10.00. The highest BCUT2D eigenvalue weighted by molar-refractivity contribution is 7.89. The molecule has 116 valence electrons. The van der Waals surface area contributed by atoms with Crippen LogP contribution in [-0.2, 0) is 10.0 Å². The molecule has 1 aliphatic heterocycles. The highest BCUT2D eigenvalue weighted by Gasteiger charge is 2.36. The molecule has 0 saturated carbocycles. The van der Waals surface area contributed by atoms with E-state index in [4.69, 9.17) is 5.73 Å². The summed E-state index contributed by atoms with van der Waals surface area (Å²) in [6.07, 6.45) is 0.547. The van der Waals surface area contributed by atoms with Crippen LogP contribution in [0.2, 0.25) is 0 Å². The van der Waals surface area contributed by atoms with Crippen LogP contribution < -0.4 is 5.73 Å².